The van der Waals surface area contributed by atoms with Gasteiger partial charge in [0, 0.05) is 44.7 Å². The quantitative estimate of drug-likeness (QED) is 0.929. The number of benzene rings is 1. The zero-order valence-corrected chi connectivity index (χ0v) is 12.5. The molecule has 0 saturated carbocycles. The van der Waals surface area contributed by atoms with Crippen LogP contribution >= 0.6 is 0 Å². The van der Waals surface area contributed by atoms with Gasteiger partial charge in [0.15, 0.2) is 0 Å². The summed E-state index contributed by atoms with van der Waals surface area (Å²) in [7, 11) is 3.74. The minimum Gasteiger partial charge on any atom is -0.373 e. The maximum atomic E-state index is 11.8. The molecule has 1 fully saturated rings. The molecule has 1 aromatic carbocycles. The molecular formula is C16H20N4O. The lowest BCUT2D eigenvalue weighted by molar-refractivity contribution is -0.134. The van der Waals surface area contributed by atoms with Gasteiger partial charge in [0.2, 0.25) is 5.91 Å². The average Bonchev–Trinajstić information content (AvgIpc) is 2.50. The highest BCUT2D eigenvalue weighted by molar-refractivity contribution is 5.82. The molecule has 0 radical (unpaired) electrons. The summed E-state index contributed by atoms with van der Waals surface area (Å²) in [5, 5.41) is 4.30. The summed E-state index contributed by atoms with van der Waals surface area (Å²) in [6, 6.07) is 10.3. The first-order chi connectivity index (χ1) is 10.2. The minimum absolute atomic E-state index is 0.181. The number of hydrogen-bond donors (Lipinski definition) is 1. The zero-order chi connectivity index (χ0) is 14.8. The Hall–Kier alpha value is -2.14. The Morgan fingerprint density at radius 1 is 1.29 bits per heavy atom. The lowest BCUT2D eigenvalue weighted by Gasteiger charge is -2.32. The number of amides is 1. The number of piperazine rings is 1. The number of nitrogens with one attached hydrogen (secondary N) is 1. The third-order valence-electron chi connectivity index (χ3n) is 3.97. The SMILES string of the molecule is CNc1nc2ccccc2cc1CN1CCN(C)C(=O)C1. The van der Waals surface area contributed by atoms with Crippen molar-refractivity contribution in [3.63, 3.8) is 0 Å². The van der Waals surface area contributed by atoms with Crippen molar-refractivity contribution >= 4 is 22.6 Å². The number of fused-ring (bicyclic) bond motifs is 1. The molecular weight excluding hydrogens is 264 g/mol. The van der Waals surface area contributed by atoms with Crippen molar-refractivity contribution in [3.8, 4) is 0 Å². The van der Waals surface area contributed by atoms with Crippen molar-refractivity contribution in [2.45, 2.75) is 6.54 Å². The first-order valence-electron chi connectivity index (χ1n) is 7.20. The summed E-state index contributed by atoms with van der Waals surface area (Å²) < 4.78 is 0. The van der Waals surface area contributed by atoms with Gasteiger partial charge in [0.05, 0.1) is 12.1 Å². The molecule has 1 N–H and O–H groups in total. The summed E-state index contributed by atoms with van der Waals surface area (Å²) in [6.07, 6.45) is 0. The Labute approximate surface area is 124 Å². The van der Waals surface area contributed by atoms with Crippen molar-refractivity contribution in [3.05, 3.63) is 35.9 Å². The zero-order valence-electron chi connectivity index (χ0n) is 12.5. The predicted octanol–water partition coefficient (Wildman–Crippen LogP) is 1.55. The van der Waals surface area contributed by atoms with Crippen LogP contribution in [0, 0.1) is 0 Å². The van der Waals surface area contributed by atoms with Crippen LogP contribution in [0.2, 0.25) is 0 Å². The average molecular weight is 284 g/mol. The Morgan fingerprint density at radius 2 is 2.10 bits per heavy atom. The number of para-hydroxylation sites is 1. The number of likely N-dealkylation sites (N-methyl/N-ethyl adjacent to an activating group) is 1. The first-order valence-corrected chi connectivity index (χ1v) is 7.20. The summed E-state index contributed by atoms with van der Waals surface area (Å²) in [5.41, 5.74) is 2.12. The van der Waals surface area contributed by atoms with Crippen LogP contribution in [0.1, 0.15) is 5.56 Å². The summed E-state index contributed by atoms with van der Waals surface area (Å²) in [4.78, 5) is 20.4. The molecule has 110 valence electrons. The molecule has 1 saturated heterocycles. The third-order valence-corrected chi connectivity index (χ3v) is 3.97. The molecule has 1 aliphatic heterocycles. The summed E-state index contributed by atoms with van der Waals surface area (Å²) >= 11 is 0. The van der Waals surface area contributed by atoms with E-state index in [9.17, 15) is 4.79 Å². The number of anilines is 1. The Kier molecular flexibility index (Phi) is 3.75. The highest BCUT2D eigenvalue weighted by Gasteiger charge is 2.21. The van der Waals surface area contributed by atoms with Gasteiger partial charge in [0.25, 0.3) is 0 Å². The Morgan fingerprint density at radius 3 is 2.86 bits per heavy atom. The second kappa shape index (κ2) is 5.69. The monoisotopic (exact) mass is 284 g/mol. The van der Waals surface area contributed by atoms with Gasteiger partial charge in [-0.05, 0) is 12.1 Å². The largest absolute Gasteiger partial charge is 0.373 e. The molecule has 1 aliphatic rings. The fraction of sp³-hybridized carbons (Fsp3) is 0.375. The van der Waals surface area contributed by atoms with Gasteiger partial charge in [-0.2, -0.15) is 0 Å². The van der Waals surface area contributed by atoms with E-state index < -0.39 is 0 Å². The van der Waals surface area contributed by atoms with Crippen molar-refractivity contribution in [2.75, 3.05) is 39.0 Å². The second-order valence-electron chi connectivity index (χ2n) is 5.46. The van der Waals surface area contributed by atoms with E-state index in [1.165, 1.54) is 0 Å². The van der Waals surface area contributed by atoms with E-state index >= 15 is 0 Å². The molecule has 0 unspecified atom stereocenters. The molecule has 1 aromatic heterocycles. The molecule has 1 amide bonds. The second-order valence-corrected chi connectivity index (χ2v) is 5.46. The molecule has 0 bridgehead atoms. The minimum atomic E-state index is 0.181. The van der Waals surface area contributed by atoms with Gasteiger partial charge in [-0.1, -0.05) is 18.2 Å². The number of aromatic nitrogens is 1. The van der Waals surface area contributed by atoms with E-state index in [4.69, 9.17) is 0 Å². The van der Waals surface area contributed by atoms with E-state index in [2.05, 4.69) is 27.3 Å². The summed E-state index contributed by atoms with van der Waals surface area (Å²) in [6.45, 7) is 2.91. The number of carbonyl (C=O) groups is 1. The Balaban J connectivity index is 1.87. The van der Waals surface area contributed by atoms with E-state index in [0.717, 1.165) is 41.9 Å². The third kappa shape index (κ3) is 2.83. The number of nitrogens with zero attached hydrogens (tertiary/aromatic N) is 3. The lowest BCUT2D eigenvalue weighted by atomic mass is 10.1. The van der Waals surface area contributed by atoms with Crippen LogP contribution in [0.3, 0.4) is 0 Å². The molecule has 0 aliphatic carbocycles. The number of pyridine rings is 1. The van der Waals surface area contributed by atoms with Crippen LogP contribution < -0.4 is 5.32 Å². The summed E-state index contributed by atoms with van der Waals surface area (Å²) in [5.74, 6) is 1.07. The fourth-order valence-electron chi connectivity index (χ4n) is 2.68. The molecule has 21 heavy (non-hydrogen) atoms. The molecule has 0 atom stereocenters. The van der Waals surface area contributed by atoms with Crippen LogP contribution in [0.4, 0.5) is 5.82 Å². The molecule has 5 heteroatoms. The fourth-order valence-corrected chi connectivity index (χ4v) is 2.68. The molecule has 0 spiro atoms. The van der Waals surface area contributed by atoms with Gasteiger partial charge in [-0.3, -0.25) is 9.69 Å². The van der Waals surface area contributed by atoms with Crippen molar-refractivity contribution in [1.29, 1.82) is 0 Å². The highest BCUT2D eigenvalue weighted by atomic mass is 16.2. The van der Waals surface area contributed by atoms with Gasteiger partial charge in [-0.25, -0.2) is 4.98 Å². The van der Waals surface area contributed by atoms with E-state index in [1.807, 2.05) is 32.3 Å². The van der Waals surface area contributed by atoms with Gasteiger partial charge in [0.1, 0.15) is 5.82 Å². The predicted molar refractivity (Wildman–Crippen MR) is 84.2 cm³/mol. The molecule has 3 rings (SSSR count). The maximum absolute atomic E-state index is 11.8. The molecule has 5 nitrogen and oxygen atoms in total. The smallest absolute Gasteiger partial charge is 0.236 e. The Bertz CT molecular complexity index is 670. The lowest BCUT2D eigenvalue weighted by Crippen LogP contribution is -2.48. The van der Waals surface area contributed by atoms with Gasteiger partial charge >= 0.3 is 0 Å². The topological polar surface area (TPSA) is 48.5 Å². The highest BCUT2D eigenvalue weighted by Crippen LogP contribution is 2.22. The van der Waals surface area contributed by atoms with Crippen LogP contribution in [0.5, 0.6) is 0 Å². The van der Waals surface area contributed by atoms with Crippen LogP contribution in [-0.2, 0) is 11.3 Å². The maximum Gasteiger partial charge on any atom is 0.236 e. The van der Waals surface area contributed by atoms with Crippen LogP contribution in [0.25, 0.3) is 10.9 Å². The number of rotatable bonds is 3. The van der Waals surface area contributed by atoms with E-state index in [1.54, 1.807) is 4.90 Å². The number of hydrogen-bond acceptors (Lipinski definition) is 4. The van der Waals surface area contributed by atoms with Crippen molar-refractivity contribution < 1.29 is 4.79 Å². The van der Waals surface area contributed by atoms with E-state index in [-0.39, 0.29) is 5.91 Å². The van der Waals surface area contributed by atoms with Crippen molar-refractivity contribution in [2.24, 2.45) is 0 Å². The first kappa shape index (κ1) is 13.8. The molecule has 2 aromatic rings. The van der Waals surface area contributed by atoms with Gasteiger partial charge < -0.3 is 10.2 Å². The number of carbonyl (C=O) groups excluding carboxylic acids is 1. The molecule has 2 heterocycles. The standard InChI is InChI=1S/C16H20N4O/c1-17-16-13(9-12-5-3-4-6-14(12)18-16)10-20-8-7-19(2)15(21)11-20/h3-6,9H,7-8,10-11H2,1-2H3,(H,17,18). The van der Waals surface area contributed by atoms with Crippen molar-refractivity contribution in [1.82, 2.24) is 14.8 Å². The van der Waals surface area contributed by atoms with Crippen LogP contribution in [-0.4, -0.2) is 54.4 Å². The van der Waals surface area contributed by atoms with E-state index in [0.29, 0.717) is 6.54 Å². The normalized spacial score (nSPS) is 16.5. The van der Waals surface area contributed by atoms with Crippen LogP contribution in [0.15, 0.2) is 30.3 Å². The van der Waals surface area contributed by atoms with Gasteiger partial charge in [-0.15, -0.1) is 0 Å².